The number of aromatic nitrogens is 3. The van der Waals surface area contributed by atoms with Crippen LogP contribution in [0.25, 0.3) is 11.0 Å². The van der Waals surface area contributed by atoms with Crippen molar-refractivity contribution in [3.05, 3.63) is 100 Å². The SMILES string of the molecule is CCOC(=O)c1cc2c(NCc3ccccc3)ncnc2n(OCc2ccccc2)c1=O. The summed E-state index contributed by atoms with van der Waals surface area (Å²) in [5.74, 6) is -0.254. The van der Waals surface area contributed by atoms with Gasteiger partial charge in [0.25, 0.3) is 5.56 Å². The summed E-state index contributed by atoms with van der Waals surface area (Å²) in [6, 6.07) is 20.7. The normalized spacial score (nSPS) is 10.7. The molecule has 1 N–H and O–H groups in total. The topological polar surface area (TPSA) is 95.3 Å². The number of carbonyl (C=O) groups excluding carboxylic acids is 1. The van der Waals surface area contributed by atoms with E-state index in [1.165, 1.54) is 12.4 Å². The van der Waals surface area contributed by atoms with Crippen LogP contribution < -0.4 is 15.7 Å². The van der Waals surface area contributed by atoms with Crippen LogP contribution in [0, 0.1) is 0 Å². The van der Waals surface area contributed by atoms with E-state index in [1.54, 1.807) is 6.92 Å². The van der Waals surface area contributed by atoms with Gasteiger partial charge >= 0.3 is 5.97 Å². The molecule has 0 aliphatic carbocycles. The predicted octanol–water partition coefficient (Wildman–Crippen LogP) is 3.21. The largest absolute Gasteiger partial charge is 0.462 e. The van der Waals surface area contributed by atoms with Crippen LogP contribution in [0.15, 0.2) is 77.9 Å². The minimum Gasteiger partial charge on any atom is -0.462 e. The molecule has 0 saturated heterocycles. The highest BCUT2D eigenvalue weighted by Crippen LogP contribution is 2.20. The number of rotatable bonds is 8. The molecule has 0 radical (unpaired) electrons. The Hall–Kier alpha value is -4.20. The van der Waals surface area contributed by atoms with Gasteiger partial charge in [-0.3, -0.25) is 4.79 Å². The molecular weight excluding hydrogens is 408 g/mol. The van der Waals surface area contributed by atoms with Crippen LogP contribution in [0.3, 0.4) is 0 Å². The molecule has 0 atom stereocenters. The number of pyridine rings is 1. The van der Waals surface area contributed by atoms with E-state index in [0.29, 0.717) is 17.7 Å². The molecule has 2 heterocycles. The molecule has 2 aromatic carbocycles. The molecule has 4 rings (SSSR count). The van der Waals surface area contributed by atoms with Crippen LogP contribution in [0.5, 0.6) is 0 Å². The zero-order valence-electron chi connectivity index (χ0n) is 17.5. The van der Waals surface area contributed by atoms with E-state index in [4.69, 9.17) is 9.57 Å². The van der Waals surface area contributed by atoms with E-state index < -0.39 is 11.5 Å². The molecule has 162 valence electrons. The Bertz CT molecular complexity index is 1270. The summed E-state index contributed by atoms with van der Waals surface area (Å²) in [6.45, 7) is 2.45. The van der Waals surface area contributed by atoms with Crippen molar-refractivity contribution in [3.63, 3.8) is 0 Å². The second kappa shape index (κ2) is 9.74. The fourth-order valence-corrected chi connectivity index (χ4v) is 3.20. The first kappa shape index (κ1) is 21.0. The maximum atomic E-state index is 13.1. The van der Waals surface area contributed by atoms with Gasteiger partial charge in [-0.15, -0.1) is 4.73 Å². The average molecular weight is 430 g/mol. The summed E-state index contributed by atoms with van der Waals surface area (Å²) in [5.41, 5.74) is 1.39. The Balaban J connectivity index is 1.76. The van der Waals surface area contributed by atoms with Crippen molar-refractivity contribution in [2.24, 2.45) is 0 Å². The molecule has 0 unspecified atom stereocenters. The zero-order valence-corrected chi connectivity index (χ0v) is 17.5. The van der Waals surface area contributed by atoms with Crippen molar-refractivity contribution in [2.45, 2.75) is 20.1 Å². The van der Waals surface area contributed by atoms with Crippen LogP contribution in [-0.4, -0.2) is 27.3 Å². The minimum atomic E-state index is -0.727. The van der Waals surface area contributed by atoms with Gasteiger partial charge in [-0.2, -0.15) is 0 Å². The number of benzene rings is 2. The van der Waals surface area contributed by atoms with Crippen molar-refractivity contribution < 1.29 is 14.4 Å². The molecular formula is C24H22N4O4. The average Bonchev–Trinajstić information content (AvgIpc) is 2.83. The summed E-state index contributed by atoms with van der Waals surface area (Å²) in [6.07, 6.45) is 1.35. The summed E-state index contributed by atoms with van der Waals surface area (Å²) in [4.78, 5) is 39.9. The number of hydrogen-bond acceptors (Lipinski definition) is 7. The van der Waals surface area contributed by atoms with Crippen LogP contribution in [0.2, 0.25) is 0 Å². The third-order valence-corrected chi connectivity index (χ3v) is 4.76. The van der Waals surface area contributed by atoms with Crippen molar-refractivity contribution >= 4 is 22.8 Å². The number of fused-ring (bicyclic) bond motifs is 1. The summed E-state index contributed by atoms with van der Waals surface area (Å²) >= 11 is 0. The number of nitrogens with zero attached hydrogens (tertiary/aromatic N) is 3. The summed E-state index contributed by atoms with van der Waals surface area (Å²) in [5, 5.41) is 3.72. The molecule has 8 nitrogen and oxygen atoms in total. The van der Waals surface area contributed by atoms with Crippen LogP contribution >= 0.6 is 0 Å². The van der Waals surface area contributed by atoms with Gasteiger partial charge in [0, 0.05) is 6.54 Å². The molecule has 2 aromatic heterocycles. The lowest BCUT2D eigenvalue weighted by atomic mass is 10.2. The molecule has 32 heavy (non-hydrogen) atoms. The summed E-state index contributed by atoms with van der Waals surface area (Å²) < 4.78 is 6.11. The highest BCUT2D eigenvalue weighted by molar-refractivity contribution is 5.96. The fraction of sp³-hybridized carbons (Fsp3) is 0.167. The predicted molar refractivity (Wildman–Crippen MR) is 120 cm³/mol. The smallest absolute Gasteiger partial charge is 0.343 e. The van der Waals surface area contributed by atoms with E-state index >= 15 is 0 Å². The second-order valence-electron chi connectivity index (χ2n) is 6.94. The highest BCUT2D eigenvalue weighted by atomic mass is 16.7. The Morgan fingerprint density at radius 1 is 1.00 bits per heavy atom. The molecule has 0 amide bonds. The van der Waals surface area contributed by atoms with E-state index in [-0.39, 0.29) is 24.4 Å². The highest BCUT2D eigenvalue weighted by Gasteiger charge is 2.20. The Kier molecular flexibility index (Phi) is 6.41. The van der Waals surface area contributed by atoms with Crippen molar-refractivity contribution in [3.8, 4) is 0 Å². The van der Waals surface area contributed by atoms with Crippen molar-refractivity contribution in [1.82, 2.24) is 14.7 Å². The number of carbonyl (C=O) groups is 1. The first-order chi connectivity index (χ1) is 15.7. The fourth-order valence-electron chi connectivity index (χ4n) is 3.20. The second-order valence-corrected chi connectivity index (χ2v) is 6.94. The molecule has 0 spiro atoms. The summed E-state index contributed by atoms with van der Waals surface area (Å²) in [7, 11) is 0. The number of hydrogen-bond donors (Lipinski definition) is 1. The van der Waals surface area contributed by atoms with Crippen molar-refractivity contribution in [1.29, 1.82) is 0 Å². The molecule has 0 bridgehead atoms. The number of esters is 1. The molecule has 4 aromatic rings. The van der Waals surface area contributed by atoms with Gasteiger partial charge in [0.15, 0.2) is 5.65 Å². The quantitative estimate of drug-likeness (QED) is 0.429. The number of ether oxygens (including phenoxy) is 1. The van der Waals surface area contributed by atoms with Gasteiger partial charge in [-0.1, -0.05) is 60.7 Å². The first-order valence-corrected chi connectivity index (χ1v) is 10.2. The Morgan fingerprint density at radius 3 is 2.38 bits per heavy atom. The monoisotopic (exact) mass is 430 g/mol. The molecule has 8 heteroatoms. The lowest BCUT2D eigenvalue weighted by Gasteiger charge is -2.15. The van der Waals surface area contributed by atoms with Gasteiger partial charge in [0.2, 0.25) is 0 Å². The van der Waals surface area contributed by atoms with E-state index in [1.807, 2.05) is 60.7 Å². The van der Waals surface area contributed by atoms with Gasteiger partial charge in [-0.05, 0) is 24.1 Å². The van der Waals surface area contributed by atoms with Gasteiger partial charge < -0.3 is 14.9 Å². The lowest BCUT2D eigenvalue weighted by molar-refractivity contribution is 0.0512. The minimum absolute atomic E-state index is 0.124. The van der Waals surface area contributed by atoms with Crippen molar-refractivity contribution in [2.75, 3.05) is 11.9 Å². The van der Waals surface area contributed by atoms with Crippen LogP contribution in [-0.2, 0) is 17.9 Å². The lowest BCUT2D eigenvalue weighted by Crippen LogP contribution is -2.32. The number of nitrogens with one attached hydrogen (secondary N) is 1. The third-order valence-electron chi connectivity index (χ3n) is 4.76. The van der Waals surface area contributed by atoms with Gasteiger partial charge in [0.05, 0.1) is 12.0 Å². The molecule has 0 aliphatic rings. The Morgan fingerprint density at radius 2 is 1.69 bits per heavy atom. The zero-order chi connectivity index (χ0) is 22.3. The molecule has 0 fully saturated rings. The maximum Gasteiger partial charge on any atom is 0.343 e. The van der Waals surface area contributed by atoms with E-state index in [2.05, 4.69) is 15.3 Å². The first-order valence-electron chi connectivity index (χ1n) is 10.2. The van der Waals surface area contributed by atoms with Crippen LogP contribution in [0.1, 0.15) is 28.4 Å². The van der Waals surface area contributed by atoms with E-state index in [9.17, 15) is 9.59 Å². The van der Waals surface area contributed by atoms with Gasteiger partial charge in [0.1, 0.15) is 24.3 Å². The third kappa shape index (κ3) is 4.59. The number of anilines is 1. The van der Waals surface area contributed by atoms with Crippen LogP contribution in [0.4, 0.5) is 5.82 Å². The standard InChI is InChI=1S/C24H22N4O4/c1-2-31-24(30)20-13-19-21(25-14-17-9-5-3-6-10-17)26-16-27-22(19)28(23(20)29)32-15-18-11-7-4-8-12-18/h3-13,16H,2,14-15H2,1H3,(H,25,26,27). The molecule has 0 saturated carbocycles. The van der Waals surface area contributed by atoms with Gasteiger partial charge in [-0.25, -0.2) is 14.8 Å². The Labute approximate surface area is 184 Å². The maximum absolute atomic E-state index is 13.1. The molecule has 0 aliphatic heterocycles. The van der Waals surface area contributed by atoms with E-state index in [0.717, 1.165) is 15.9 Å².